The molecule has 98 valence electrons. The third-order valence-corrected chi connectivity index (χ3v) is 2.97. The van der Waals surface area contributed by atoms with Crippen molar-refractivity contribution in [3.63, 3.8) is 0 Å². The summed E-state index contributed by atoms with van der Waals surface area (Å²) in [5.41, 5.74) is 3.57. The van der Waals surface area contributed by atoms with Crippen molar-refractivity contribution < 1.29 is 0 Å². The highest BCUT2D eigenvalue weighted by Gasteiger charge is 2.07. The standard InChI is InChI=1S/C13H21N5/c1-4-12-6-13(18(5-2)16-12)10-17-9-11(7-14-3)8-15-17/h6,8-9,14H,4-5,7,10H2,1-3H3. The molecule has 5 nitrogen and oxygen atoms in total. The van der Waals surface area contributed by atoms with Crippen molar-refractivity contribution in [3.05, 3.63) is 35.4 Å². The molecule has 0 radical (unpaired) electrons. The van der Waals surface area contributed by atoms with Crippen LogP contribution in [0.15, 0.2) is 18.5 Å². The summed E-state index contributed by atoms with van der Waals surface area (Å²) in [6, 6.07) is 2.17. The van der Waals surface area contributed by atoms with Crippen LogP contribution in [0, 0.1) is 0 Å². The predicted molar refractivity (Wildman–Crippen MR) is 71.4 cm³/mol. The Hall–Kier alpha value is -1.62. The fourth-order valence-electron chi connectivity index (χ4n) is 2.04. The van der Waals surface area contributed by atoms with Gasteiger partial charge in [-0.1, -0.05) is 6.92 Å². The second kappa shape index (κ2) is 5.82. The molecule has 0 fully saturated rings. The van der Waals surface area contributed by atoms with Crippen LogP contribution in [0.25, 0.3) is 0 Å². The highest BCUT2D eigenvalue weighted by Crippen LogP contribution is 2.08. The lowest BCUT2D eigenvalue weighted by atomic mass is 10.3. The van der Waals surface area contributed by atoms with Gasteiger partial charge in [0.2, 0.25) is 0 Å². The van der Waals surface area contributed by atoms with E-state index in [0.717, 1.165) is 31.7 Å². The molecule has 0 aliphatic carbocycles. The van der Waals surface area contributed by atoms with E-state index >= 15 is 0 Å². The minimum Gasteiger partial charge on any atom is -0.316 e. The largest absolute Gasteiger partial charge is 0.316 e. The summed E-state index contributed by atoms with van der Waals surface area (Å²) < 4.78 is 4.02. The predicted octanol–water partition coefficient (Wildman–Crippen LogP) is 1.43. The van der Waals surface area contributed by atoms with Gasteiger partial charge < -0.3 is 5.32 Å². The van der Waals surface area contributed by atoms with Crippen molar-refractivity contribution in [2.24, 2.45) is 0 Å². The number of aromatic nitrogens is 4. The Morgan fingerprint density at radius 1 is 1.33 bits per heavy atom. The number of aryl methyl sites for hydroxylation is 2. The molecule has 0 spiro atoms. The topological polar surface area (TPSA) is 47.7 Å². The molecule has 0 amide bonds. The summed E-state index contributed by atoms with van der Waals surface area (Å²) in [6.45, 7) is 6.79. The molecule has 0 aliphatic heterocycles. The van der Waals surface area contributed by atoms with Gasteiger partial charge in [-0.25, -0.2) is 0 Å². The minimum atomic E-state index is 0.782. The van der Waals surface area contributed by atoms with Gasteiger partial charge in [-0.15, -0.1) is 0 Å². The Labute approximate surface area is 108 Å². The van der Waals surface area contributed by atoms with Crippen LogP contribution in [0.5, 0.6) is 0 Å². The van der Waals surface area contributed by atoms with Crippen molar-refractivity contribution in [1.82, 2.24) is 24.9 Å². The van der Waals surface area contributed by atoms with Gasteiger partial charge in [-0.2, -0.15) is 10.2 Å². The maximum Gasteiger partial charge on any atom is 0.0828 e. The number of nitrogens with zero attached hydrogens (tertiary/aromatic N) is 4. The number of nitrogens with one attached hydrogen (secondary N) is 1. The van der Waals surface area contributed by atoms with E-state index in [1.165, 1.54) is 11.3 Å². The Morgan fingerprint density at radius 3 is 2.83 bits per heavy atom. The van der Waals surface area contributed by atoms with Crippen LogP contribution in [0.3, 0.4) is 0 Å². The van der Waals surface area contributed by atoms with Gasteiger partial charge in [-0.3, -0.25) is 9.36 Å². The Balaban J connectivity index is 2.14. The monoisotopic (exact) mass is 247 g/mol. The first kappa shape index (κ1) is 12.8. The highest BCUT2D eigenvalue weighted by atomic mass is 15.3. The lowest BCUT2D eigenvalue weighted by molar-refractivity contribution is 0.573. The smallest absolute Gasteiger partial charge is 0.0828 e. The molecule has 0 aromatic carbocycles. The van der Waals surface area contributed by atoms with E-state index in [4.69, 9.17) is 0 Å². The minimum absolute atomic E-state index is 0.782. The molecule has 2 aromatic heterocycles. The third-order valence-electron chi connectivity index (χ3n) is 2.97. The van der Waals surface area contributed by atoms with Crippen LogP contribution in [0.1, 0.15) is 30.8 Å². The summed E-state index contributed by atoms with van der Waals surface area (Å²) in [5.74, 6) is 0. The lowest BCUT2D eigenvalue weighted by Gasteiger charge is -2.04. The van der Waals surface area contributed by atoms with Crippen molar-refractivity contribution in [2.45, 2.75) is 39.9 Å². The zero-order chi connectivity index (χ0) is 13.0. The van der Waals surface area contributed by atoms with Crippen molar-refractivity contribution in [2.75, 3.05) is 7.05 Å². The Kier molecular flexibility index (Phi) is 4.15. The van der Waals surface area contributed by atoms with Gasteiger partial charge in [0.05, 0.1) is 24.1 Å². The van der Waals surface area contributed by atoms with Crippen LogP contribution in [0.4, 0.5) is 0 Å². The molecule has 0 saturated heterocycles. The molecule has 0 bridgehead atoms. The zero-order valence-corrected chi connectivity index (χ0v) is 11.3. The fraction of sp³-hybridized carbons (Fsp3) is 0.538. The van der Waals surface area contributed by atoms with E-state index in [-0.39, 0.29) is 0 Å². The van der Waals surface area contributed by atoms with Crippen LogP contribution >= 0.6 is 0 Å². The summed E-state index contributed by atoms with van der Waals surface area (Å²) in [7, 11) is 1.94. The molecule has 5 heteroatoms. The molecule has 18 heavy (non-hydrogen) atoms. The summed E-state index contributed by atoms with van der Waals surface area (Å²) >= 11 is 0. The molecular weight excluding hydrogens is 226 g/mol. The van der Waals surface area contributed by atoms with E-state index in [1.54, 1.807) is 0 Å². The van der Waals surface area contributed by atoms with Crippen LogP contribution in [-0.4, -0.2) is 26.6 Å². The highest BCUT2D eigenvalue weighted by molar-refractivity contribution is 5.12. The second-order valence-electron chi connectivity index (χ2n) is 4.37. The third kappa shape index (κ3) is 2.79. The molecule has 0 atom stereocenters. The van der Waals surface area contributed by atoms with Crippen molar-refractivity contribution >= 4 is 0 Å². The van der Waals surface area contributed by atoms with E-state index in [9.17, 15) is 0 Å². The van der Waals surface area contributed by atoms with Gasteiger partial charge in [0.25, 0.3) is 0 Å². The molecule has 0 unspecified atom stereocenters. The molecule has 2 rings (SSSR count). The fourth-order valence-corrected chi connectivity index (χ4v) is 2.04. The van der Waals surface area contributed by atoms with Gasteiger partial charge in [-0.05, 0) is 26.5 Å². The number of rotatable bonds is 6. The number of hydrogen-bond donors (Lipinski definition) is 1. The van der Waals surface area contributed by atoms with Crippen molar-refractivity contribution in [1.29, 1.82) is 0 Å². The first-order valence-electron chi connectivity index (χ1n) is 6.48. The van der Waals surface area contributed by atoms with E-state index in [1.807, 2.05) is 17.9 Å². The van der Waals surface area contributed by atoms with Gasteiger partial charge in [0.15, 0.2) is 0 Å². The average molecular weight is 247 g/mol. The number of hydrogen-bond acceptors (Lipinski definition) is 3. The van der Waals surface area contributed by atoms with Crippen LogP contribution in [-0.2, 0) is 26.1 Å². The summed E-state index contributed by atoms with van der Waals surface area (Å²) in [5, 5.41) is 12.1. The van der Waals surface area contributed by atoms with Crippen LogP contribution < -0.4 is 5.32 Å². The zero-order valence-electron chi connectivity index (χ0n) is 11.3. The lowest BCUT2D eigenvalue weighted by Crippen LogP contribution is -2.08. The van der Waals surface area contributed by atoms with E-state index in [2.05, 4.69) is 46.3 Å². The van der Waals surface area contributed by atoms with Crippen LogP contribution in [0.2, 0.25) is 0 Å². The van der Waals surface area contributed by atoms with E-state index in [0.29, 0.717) is 0 Å². The molecule has 0 aliphatic rings. The molecule has 0 saturated carbocycles. The molecular formula is C13H21N5. The van der Waals surface area contributed by atoms with Gasteiger partial charge >= 0.3 is 0 Å². The Morgan fingerprint density at radius 2 is 2.17 bits per heavy atom. The quantitative estimate of drug-likeness (QED) is 0.840. The summed E-state index contributed by atoms with van der Waals surface area (Å²) in [6.07, 6.45) is 4.96. The first-order chi connectivity index (χ1) is 8.76. The van der Waals surface area contributed by atoms with Gasteiger partial charge in [0, 0.05) is 24.8 Å². The molecule has 2 heterocycles. The first-order valence-corrected chi connectivity index (χ1v) is 6.48. The Bertz CT molecular complexity index is 497. The average Bonchev–Trinajstić information content (AvgIpc) is 2.97. The second-order valence-corrected chi connectivity index (χ2v) is 4.37. The molecule has 2 aromatic rings. The molecule has 1 N–H and O–H groups in total. The maximum atomic E-state index is 4.55. The van der Waals surface area contributed by atoms with Gasteiger partial charge in [0.1, 0.15) is 0 Å². The summed E-state index contributed by atoms with van der Waals surface area (Å²) in [4.78, 5) is 0. The van der Waals surface area contributed by atoms with E-state index < -0.39 is 0 Å². The van der Waals surface area contributed by atoms with Crippen molar-refractivity contribution in [3.8, 4) is 0 Å². The SMILES string of the molecule is CCc1cc(Cn2cc(CNC)cn2)n(CC)n1. The normalized spacial score (nSPS) is 11.1. The maximum absolute atomic E-state index is 4.55.